The standard InChI is InChI=1S/C14H13F3N2O2S/c1-8(20)18-10-3-5-11(6-4-10)21-7-12-13(14(15,16)17)19-9(2)22-12/h3-6H,7H2,1-2H3,(H,18,20). The summed E-state index contributed by atoms with van der Waals surface area (Å²) in [6.45, 7) is 2.70. The number of nitrogens with zero attached hydrogens (tertiary/aromatic N) is 1. The van der Waals surface area contributed by atoms with Crippen LogP contribution < -0.4 is 10.1 Å². The van der Waals surface area contributed by atoms with Crippen molar-refractivity contribution < 1.29 is 22.7 Å². The van der Waals surface area contributed by atoms with Gasteiger partial charge in [0.15, 0.2) is 5.69 Å². The molecule has 1 aromatic carbocycles. The molecule has 0 saturated heterocycles. The van der Waals surface area contributed by atoms with E-state index in [1.807, 2.05) is 0 Å². The molecule has 0 spiro atoms. The van der Waals surface area contributed by atoms with E-state index in [1.54, 1.807) is 24.3 Å². The van der Waals surface area contributed by atoms with Crippen LogP contribution in [-0.2, 0) is 17.6 Å². The zero-order chi connectivity index (χ0) is 16.3. The summed E-state index contributed by atoms with van der Waals surface area (Å²) < 4.78 is 43.8. The van der Waals surface area contributed by atoms with Crippen molar-refractivity contribution in [2.45, 2.75) is 26.6 Å². The van der Waals surface area contributed by atoms with Crippen molar-refractivity contribution in [1.29, 1.82) is 0 Å². The smallest absolute Gasteiger partial charge is 0.434 e. The summed E-state index contributed by atoms with van der Waals surface area (Å²) in [5.74, 6) is 0.205. The average Bonchev–Trinajstić information content (AvgIpc) is 2.79. The molecule has 2 rings (SSSR count). The van der Waals surface area contributed by atoms with Crippen molar-refractivity contribution in [2.75, 3.05) is 5.32 Å². The van der Waals surface area contributed by atoms with Crippen LogP contribution in [0.4, 0.5) is 18.9 Å². The molecular weight excluding hydrogens is 317 g/mol. The molecule has 1 aromatic heterocycles. The van der Waals surface area contributed by atoms with E-state index < -0.39 is 11.9 Å². The third-order valence-corrected chi connectivity index (χ3v) is 3.56. The van der Waals surface area contributed by atoms with Crippen molar-refractivity contribution in [2.24, 2.45) is 0 Å². The number of rotatable bonds is 4. The van der Waals surface area contributed by atoms with Crippen LogP contribution in [0.2, 0.25) is 0 Å². The molecule has 0 unspecified atom stereocenters. The van der Waals surface area contributed by atoms with E-state index in [0.717, 1.165) is 11.3 Å². The zero-order valence-electron chi connectivity index (χ0n) is 11.8. The number of hydrogen-bond acceptors (Lipinski definition) is 4. The van der Waals surface area contributed by atoms with Gasteiger partial charge in [-0.3, -0.25) is 4.79 Å². The Morgan fingerprint density at radius 3 is 2.50 bits per heavy atom. The number of carbonyl (C=O) groups excluding carboxylic acids is 1. The molecule has 0 aliphatic carbocycles. The van der Waals surface area contributed by atoms with Crippen LogP contribution in [0.5, 0.6) is 5.75 Å². The Labute approximate surface area is 128 Å². The summed E-state index contributed by atoms with van der Waals surface area (Å²) in [7, 11) is 0. The van der Waals surface area contributed by atoms with E-state index in [4.69, 9.17) is 4.74 Å². The third kappa shape index (κ3) is 4.20. The van der Waals surface area contributed by atoms with Crippen LogP contribution in [0.1, 0.15) is 22.5 Å². The van der Waals surface area contributed by atoms with Gasteiger partial charge in [0.2, 0.25) is 5.91 Å². The third-order valence-electron chi connectivity index (χ3n) is 2.62. The molecule has 0 aliphatic heterocycles. The number of thiazole rings is 1. The number of benzene rings is 1. The molecule has 4 nitrogen and oxygen atoms in total. The monoisotopic (exact) mass is 330 g/mol. The predicted molar refractivity (Wildman–Crippen MR) is 76.9 cm³/mol. The highest BCUT2D eigenvalue weighted by atomic mass is 32.1. The normalized spacial score (nSPS) is 11.3. The fourth-order valence-electron chi connectivity index (χ4n) is 1.78. The lowest BCUT2D eigenvalue weighted by Crippen LogP contribution is -2.10. The van der Waals surface area contributed by atoms with Gasteiger partial charge in [0.25, 0.3) is 0 Å². The largest absolute Gasteiger partial charge is 0.488 e. The van der Waals surface area contributed by atoms with Crippen molar-refractivity contribution in [3.8, 4) is 5.75 Å². The second-order valence-corrected chi connectivity index (χ2v) is 5.78. The lowest BCUT2D eigenvalue weighted by atomic mass is 10.3. The number of nitrogens with one attached hydrogen (secondary N) is 1. The quantitative estimate of drug-likeness (QED) is 0.921. The number of alkyl halides is 3. The molecule has 0 atom stereocenters. The molecule has 0 bridgehead atoms. The summed E-state index contributed by atoms with van der Waals surface area (Å²) in [4.78, 5) is 14.4. The first-order valence-corrected chi connectivity index (χ1v) is 7.11. The van der Waals surface area contributed by atoms with Gasteiger partial charge in [-0.25, -0.2) is 4.98 Å². The van der Waals surface area contributed by atoms with Crippen molar-refractivity contribution in [1.82, 2.24) is 4.98 Å². The molecule has 1 amide bonds. The van der Waals surface area contributed by atoms with E-state index in [0.29, 0.717) is 16.4 Å². The summed E-state index contributed by atoms with van der Waals surface area (Å²) in [5, 5.41) is 2.93. The number of halogens is 3. The van der Waals surface area contributed by atoms with E-state index in [2.05, 4.69) is 10.3 Å². The second-order valence-electron chi connectivity index (χ2n) is 4.50. The highest BCUT2D eigenvalue weighted by molar-refractivity contribution is 7.11. The maximum Gasteiger partial charge on any atom is 0.434 e. The van der Waals surface area contributed by atoms with Gasteiger partial charge in [-0.2, -0.15) is 13.2 Å². The summed E-state index contributed by atoms with van der Waals surface area (Å²) in [6.07, 6.45) is -4.49. The first-order chi connectivity index (χ1) is 10.3. The van der Waals surface area contributed by atoms with E-state index in [1.165, 1.54) is 13.8 Å². The molecule has 118 valence electrons. The molecule has 0 saturated carbocycles. The number of anilines is 1. The van der Waals surface area contributed by atoms with Gasteiger partial charge < -0.3 is 10.1 Å². The summed E-state index contributed by atoms with van der Waals surface area (Å²) >= 11 is 0.959. The van der Waals surface area contributed by atoms with Gasteiger partial charge in [-0.1, -0.05) is 0 Å². The van der Waals surface area contributed by atoms with Crippen LogP contribution in [0.25, 0.3) is 0 Å². The Hall–Kier alpha value is -2.09. The van der Waals surface area contributed by atoms with E-state index in [9.17, 15) is 18.0 Å². The highest BCUT2D eigenvalue weighted by Gasteiger charge is 2.37. The minimum absolute atomic E-state index is 0.0379. The Kier molecular flexibility index (Phi) is 4.70. The molecule has 1 N–H and O–H groups in total. The molecule has 1 heterocycles. The maximum absolute atomic E-state index is 12.8. The fourth-order valence-corrected chi connectivity index (χ4v) is 2.64. The van der Waals surface area contributed by atoms with E-state index >= 15 is 0 Å². The topological polar surface area (TPSA) is 51.2 Å². The lowest BCUT2D eigenvalue weighted by molar-refractivity contribution is -0.141. The molecule has 0 aliphatic rings. The molecule has 8 heteroatoms. The van der Waals surface area contributed by atoms with Gasteiger partial charge in [0.1, 0.15) is 12.4 Å². The van der Waals surface area contributed by atoms with Gasteiger partial charge in [0.05, 0.1) is 9.88 Å². The van der Waals surface area contributed by atoms with Crippen LogP contribution >= 0.6 is 11.3 Å². The summed E-state index contributed by atoms with van der Waals surface area (Å²) in [5.41, 5.74) is -0.311. The average molecular weight is 330 g/mol. The molecule has 22 heavy (non-hydrogen) atoms. The molecule has 0 fully saturated rings. The van der Waals surface area contributed by atoms with E-state index in [-0.39, 0.29) is 17.4 Å². The lowest BCUT2D eigenvalue weighted by Gasteiger charge is -2.09. The Bertz CT molecular complexity index is 666. The van der Waals surface area contributed by atoms with Crippen LogP contribution in [0.3, 0.4) is 0 Å². The van der Waals surface area contributed by atoms with Crippen molar-refractivity contribution in [3.63, 3.8) is 0 Å². The number of amides is 1. The molecule has 0 radical (unpaired) electrons. The maximum atomic E-state index is 12.8. The molecule has 2 aromatic rings. The number of carbonyl (C=O) groups is 1. The summed E-state index contributed by atoms with van der Waals surface area (Å²) in [6, 6.07) is 6.37. The molecular formula is C14H13F3N2O2S. The van der Waals surface area contributed by atoms with Crippen LogP contribution in [0, 0.1) is 6.92 Å². The fraction of sp³-hybridized carbons (Fsp3) is 0.286. The Morgan fingerprint density at radius 1 is 1.32 bits per heavy atom. The Balaban J connectivity index is 2.06. The minimum atomic E-state index is -4.49. The zero-order valence-corrected chi connectivity index (χ0v) is 12.6. The van der Waals surface area contributed by atoms with Gasteiger partial charge in [-0.15, -0.1) is 11.3 Å². The van der Waals surface area contributed by atoms with Gasteiger partial charge in [-0.05, 0) is 31.2 Å². The highest BCUT2D eigenvalue weighted by Crippen LogP contribution is 2.34. The minimum Gasteiger partial charge on any atom is -0.488 e. The van der Waals surface area contributed by atoms with Gasteiger partial charge >= 0.3 is 6.18 Å². The first-order valence-electron chi connectivity index (χ1n) is 6.29. The number of aromatic nitrogens is 1. The SMILES string of the molecule is CC(=O)Nc1ccc(OCc2sc(C)nc2C(F)(F)F)cc1. The van der Waals surface area contributed by atoms with Gasteiger partial charge in [0, 0.05) is 12.6 Å². The van der Waals surface area contributed by atoms with Crippen LogP contribution in [0.15, 0.2) is 24.3 Å². The number of aryl methyl sites for hydroxylation is 1. The van der Waals surface area contributed by atoms with Crippen molar-refractivity contribution in [3.05, 3.63) is 39.8 Å². The Morgan fingerprint density at radius 2 is 1.95 bits per heavy atom. The number of hydrogen-bond donors (Lipinski definition) is 1. The van der Waals surface area contributed by atoms with Crippen LogP contribution in [-0.4, -0.2) is 10.9 Å². The second kappa shape index (κ2) is 6.35. The number of ether oxygens (including phenoxy) is 1. The van der Waals surface area contributed by atoms with Crippen molar-refractivity contribution >= 4 is 22.9 Å². The first kappa shape index (κ1) is 16.3. The predicted octanol–water partition coefficient (Wildman–Crippen LogP) is 4.01.